The van der Waals surface area contributed by atoms with E-state index in [2.05, 4.69) is 27.2 Å². The lowest BCUT2D eigenvalue weighted by Gasteiger charge is -2.35. The third-order valence-corrected chi connectivity index (χ3v) is 4.81. The van der Waals surface area contributed by atoms with Crippen LogP contribution >= 0.6 is 11.6 Å². The zero-order valence-electron chi connectivity index (χ0n) is 15.0. The lowest BCUT2D eigenvalue weighted by molar-refractivity contribution is -0.122. The molecule has 2 aromatic rings. The van der Waals surface area contributed by atoms with Crippen molar-refractivity contribution in [3.8, 4) is 5.75 Å². The predicted molar refractivity (Wildman–Crippen MR) is 105 cm³/mol. The third-order valence-electron chi connectivity index (χ3n) is 4.56. The number of benzene rings is 2. The minimum Gasteiger partial charge on any atom is -0.497 e. The molecule has 0 aromatic heterocycles. The molecule has 1 fully saturated rings. The quantitative estimate of drug-likeness (QED) is 0.845. The van der Waals surface area contributed by atoms with Crippen molar-refractivity contribution < 1.29 is 9.53 Å². The fourth-order valence-electron chi connectivity index (χ4n) is 3.03. The molecule has 3 rings (SSSR count). The second-order valence-corrected chi connectivity index (χ2v) is 6.80. The lowest BCUT2D eigenvalue weighted by Crippen LogP contribution is -2.49. The summed E-state index contributed by atoms with van der Waals surface area (Å²) in [6.07, 6.45) is 0. The van der Waals surface area contributed by atoms with Crippen molar-refractivity contribution in [3.05, 3.63) is 59.1 Å². The van der Waals surface area contributed by atoms with Gasteiger partial charge in [-0.1, -0.05) is 29.8 Å². The lowest BCUT2D eigenvalue weighted by atomic mass is 10.2. The zero-order valence-corrected chi connectivity index (χ0v) is 15.7. The summed E-state index contributed by atoms with van der Waals surface area (Å²) < 4.78 is 5.29. The van der Waals surface area contributed by atoms with Gasteiger partial charge in [0.15, 0.2) is 0 Å². The van der Waals surface area contributed by atoms with Gasteiger partial charge in [-0.3, -0.25) is 9.69 Å². The summed E-state index contributed by atoms with van der Waals surface area (Å²) in [7, 11) is 1.68. The molecule has 26 heavy (non-hydrogen) atoms. The zero-order chi connectivity index (χ0) is 18.4. The van der Waals surface area contributed by atoms with Gasteiger partial charge >= 0.3 is 0 Å². The molecule has 138 valence electrons. The molecule has 1 N–H and O–H groups in total. The van der Waals surface area contributed by atoms with Gasteiger partial charge < -0.3 is 15.0 Å². The number of nitrogens with zero attached hydrogens (tertiary/aromatic N) is 2. The summed E-state index contributed by atoms with van der Waals surface area (Å²) in [6.45, 7) is 4.49. The molecule has 0 bridgehead atoms. The number of piperazine rings is 1. The van der Waals surface area contributed by atoms with Crippen LogP contribution in [0.25, 0.3) is 0 Å². The van der Waals surface area contributed by atoms with Gasteiger partial charge in [-0.15, -0.1) is 0 Å². The van der Waals surface area contributed by atoms with Gasteiger partial charge in [0, 0.05) is 49.5 Å². The maximum absolute atomic E-state index is 12.2. The molecule has 1 heterocycles. The van der Waals surface area contributed by atoms with Crippen molar-refractivity contribution in [1.82, 2.24) is 10.2 Å². The number of amides is 1. The number of halogens is 1. The van der Waals surface area contributed by atoms with Gasteiger partial charge in [-0.25, -0.2) is 0 Å². The first-order chi connectivity index (χ1) is 12.6. The maximum atomic E-state index is 12.2. The number of ether oxygens (including phenoxy) is 1. The minimum atomic E-state index is 0.0507. The van der Waals surface area contributed by atoms with Crippen LogP contribution in [0.2, 0.25) is 5.02 Å². The van der Waals surface area contributed by atoms with E-state index in [0.717, 1.165) is 43.2 Å². The number of nitrogens with one attached hydrogen (secondary N) is 1. The third kappa shape index (κ3) is 5.13. The van der Waals surface area contributed by atoms with E-state index in [1.54, 1.807) is 7.11 Å². The van der Waals surface area contributed by atoms with Crippen molar-refractivity contribution in [2.45, 2.75) is 6.54 Å². The van der Waals surface area contributed by atoms with Crippen molar-refractivity contribution in [1.29, 1.82) is 0 Å². The van der Waals surface area contributed by atoms with Crippen LogP contribution in [-0.4, -0.2) is 50.6 Å². The van der Waals surface area contributed by atoms with E-state index in [-0.39, 0.29) is 5.91 Å². The molecular formula is C20H24ClN3O2. The minimum absolute atomic E-state index is 0.0507. The molecule has 0 atom stereocenters. The Morgan fingerprint density at radius 1 is 1.12 bits per heavy atom. The number of anilines is 1. The Morgan fingerprint density at radius 2 is 1.85 bits per heavy atom. The van der Waals surface area contributed by atoms with Crippen LogP contribution in [-0.2, 0) is 11.3 Å². The number of hydrogen-bond acceptors (Lipinski definition) is 4. The van der Waals surface area contributed by atoms with Gasteiger partial charge in [0.1, 0.15) is 5.75 Å². The van der Waals surface area contributed by atoms with Crippen LogP contribution in [0.3, 0.4) is 0 Å². The van der Waals surface area contributed by atoms with Crippen LogP contribution in [0.15, 0.2) is 48.5 Å². The summed E-state index contributed by atoms with van der Waals surface area (Å²) >= 11 is 5.87. The average Bonchev–Trinajstić information content (AvgIpc) is 2.68. The van der Waals surface area contributed by atoms with E-state index in [9.17, 15) is 4.79 Å². The highest BCUT2D eigenvalue weighted by atomic mass is 35.5. The second-order valence-electron chi connectivity index (χ2n) is 6.37. The number of carbonyl (C=O) groups is 1. The molecule has 0 radical (unpaired) electrons. The first-order valence-corrected chi connectivity index (χ1v) is 9.14. The summed E-state index contributed by atoms with van der Waals surface area (Å²) in [4.78, 5) is 16.7. The van der Waals surface area contributed by atoms with E-state index < -0.39 is 0 Å². The normalized spacial score (nSPS) is 14.9. The molecule has 6 heteroatoms. The van der Waals surface area contributed by atoms with Crippen LogP contribution in [0.1, 0.15) is 5.56 Å². The molecule has 5 nitrogen and oxygen atoms in total. The van der Waals surface area contributed by atoms with Crippen LogP contribution < -0.4 is 15.0 Å². The molecule has 0 aliphatic carbocycles. The predicted octanol–water partition coefficient (Wildman–Crippen LogP) is 2.79. The molecule has 2 aromatic carbocycles. The SMILES string of the molecule is COc1cccc(N2CCN(CC(=O)NCc3ccc(Cl)cc3)CC2)c1. The standard InChI is InChI=1S/C20H24ClN3O2/c1-26-19-4-2-3-18(13-19)24-11-9-23(10-12-24)15-20(25)22-14-16-5-7-17(21)8-6-16/h2-8,13H,9-12,14-15H2,1H3,(H,22,25). The Bertz CT molecular complexity index is 728. The smallest absolute Gasteiger partial charge is 0.234 e. The summed E-state index contributed by atoms with van der Waals surface area (Å²) in [5.41, 5.74) is 2.21. The molecule has 0 spiro atoms. The Labute approximate surface area is 159 Å². The number of methoxy groups -OCH3 is 1. The number of rotatable bonds is 6. The first-order valence-electron chi connectivity index (χ1n) is 8.76. The van der Waals surface area contributed by atoms with Gasteiger partial charge in [0.25, 0.3) is 0 Å². The van der Waals surface area contributed by atoms with E-state index in [1.807, 2.05) is 36.4 Å². The number of hydrogen-bond donors (Lipinski definition) is 1. The summed E-state index contributed by atoms with van der Waals surface area (Å²) in [5, 5.41) is 3.67. The van der Waals surface area contributed by atoms with Crippen molar-refractivity contribution in [2.75, 3.05) is 44.7 Å². The van der Waals surface area contributed by atoms with Gasteiger partial charge in [0.2, 0.25) is 5.91 Å². The largest absolute Gasteiger partial charge is 0.497 e. The highest BCUT2D eigenvalue weighted by molar-refractivity contribution is 6.30. The van der Waals surface area contributed by atoms with E-state index in [0.29, 0.717) is 18.1 Å². The molecule has 1 amide bonds. The van der Waals surface area contributed by atoms with Gasteiger partial charge in [-0.2, -0.15) is 0 Å². The van der Waals surface area contributed by atoms with Crippen LogP contribution in [0, 0.1) is 0 Å². The fraction of sp³-hybridized carbons (Fsp3) is 0.350. The molecular weight excluding hydrogens is 350 g/mol. The summed E-state index contributed by atoms with van der Waals surface area (Å²) in [5.74, 6) is 0.918. The molecule has 1 aliphatic heterocycles. The highest BCUT2D eigenvalue weighted by Gasteiger charge is 2.19. The summed E-state index contributed by atoms with van der Waals surface area (Å²) in [6, 6.07) is 15.6. The van der Waals surface area contributed by atoms with Crippen molar-refractivity contribution in [2.24, 2.45) is 0 Å². The van der Waals surface area contributed by atoms with Gasteiger partial charge in [0.05, 0.1) is 13.7 Å². The first kappa shape index (κ1) is 18.5. The van der Waals surface area contributed by atoms with Gasteiger partial charge in [-0.05, 0) is 29.8 Å². The second kappa shape index (κ2) is 8.92. The monoisotopic (exact) mass is 373 g/mol. The van der Waals surface area contributed by atoms with E-state index in [4.69, 9.17) is 16.3 Å². The Kier molecular flexibility index (Phi) is 6.36. The number of carbonyl (C=O) groups excluding carboxylic acids is 1. The van der Waals surface area contributed by atoms with Crippen LogP contribution in [0.4, 0.5) is 5.69 Å². The molecule has 0 saturated carbocycles. The Balaban J connectivity index is 1.43. The molecule has 0 unspecified atom stereocenters. The topological polar surface area (TPSA) is 44.8 Å². The van der Waals surface area contributed by atoms with E-state index >= 15 is 0 Å². The van der Waals surface area contributed by atoms with Crippen LogP contribution in [0.5, 0.6) is 5.75 Å². The van der Waals surface area contributed by atoms with Crippen molar-refractivity contribution in [3.63, 3.8) is 0 Å². The molecule has 1 saturated heterocycles. The van der Waals surface area contributed by atoms with E-state index in [1.165, 1.54) is 0 Å². The average molecular weight is 374 g/mol. The fourth-order valence-corrected chi connectivity index (χ4v) is 3.16. The van der Waals surface area contributed by atoms with Crippen molar-refractivity contribution >= 4 is 23.2 Å². The highest BCUT2D eigenvalue weighted by Crippen LogP contribution is 2.22. The Hall–Kier alpha value is -2.24. The maximum Gasteiger partial charge on any atom is 0.234 e. The molecule has 1 aliphatic rings. The Morgan fingerprint density at radius 3 is 2.54 bits per heavy atom.